The summed E-state index contributed by atoms with van der Waals surface area (Å²) < 4.78 is 0.786. The number of hydrogen-bond donors (Lipinski definition) is 5. The third kappa shape index (κ3) is 13.8. The number of nitrogens with one attached hydrogen (secondary N) is 3. The van der Waals surface area contributed by atoms with Crippen LogP contribution in [-0.2, 0) is 0 Å². The molecule has 0 aliphatic heterocycles. The third-order valence-corrected chi connectivity index (χ3v) is 2.42. The fraction of sp³-hybridized carbons (Fsp3) is 1.00. The minimum absolute atomic E-state index is 0.281. The summed E-state index contributed by atoms with van der Waals surface area (Å²) in [5.74, 6) is 0. The quantitative estimate of drug-likeness (QED) is 0.203. The molecule has 0 aliphatic rings. The summed E-state index contributed by atoms with van der Waals surface area (Å²) in [6, 6.07) is 0. The van der Waals surface area contributed by atoms with Crippen molar-refractivity contribution < 1.29 is 9.59 Å². The molecule has 0 saturated heterocycles. The number of likely N-dealkylation sites (N-methyl/N-ethyl adjacent to an activating group) is 1. The Bertz CT molecular complexity index is 184. The first kappa shape index (κ1) is 17.8. The zero-order chi connectivity index (χ0) is 13.9. The van der Waals surface area contributed by atoms with Crippen molar-refractivity contribution in [2.24, 2.45) is 5.73 Å². The van der Waals surface area contributed by atoms with Crippen molar-refractivity contribution in [2.45, 2.75) is 6.10 Å². The maximum atomic E-state index is 9.76. The fourth-order valence-corrected chi connectivity index (χ4v) is 1.67. The monoisotopic (exact) mass is 262 g/mol. The van der Waals surface area contributed by atoms with Crippen LogP contribution >= 0.6 is 0 Å². The van der Waals surface area contributed by atoms with Crippen LogP contribution < -0.4 is 21.7 Å². The Hall–Kier alpha value is -0.240. The van der Waals surface area contributed by atoms with Crippen LogP contribution in [0.25, 0.3) is 0 Å². The summed E-state index contributed by atoms with van der Waals surface area (Å²) in [4.78, 5) is 0. The topological polar surface area (TPSA) is 82.3 Å². The second-order valence-electron chi connectivity index (χ2n) is 5.62. The van der Waals surface area contributed by atoms with Gasteiger partial charge in [-0.05, 0) is 0 Å². The van der Waals surface area contributed by atoms with E-state index in [1.807, 2.05) is 0 Å². The predicted molar refractivity (Wildman–Crippen MR) is 76.6 cm³/mol. The predicted octanol–water partition coefficient (Wildman–Crippen LogP) is -2.22. The molecule has 0 rings (SSSR count). The van der Waals surface area contributed by atoms with Crippen molar-refractivity contribution in [3.8, 4) is 0 Å². The highest BCUT2D eigenvalue weighted by atomic mass is 16.3. The summed E-state index contributed by atoms with van der Waals surface area (Å²) in [5, 5.41) is 19.5. The van der Waals surface area contributed by atoms with Gasteiger partial charge in [-0.1, -0.05) is 0 Å². The van der Waals surface area contributed by atoms with Crippen LogP contribution in [0.3, 0.4) is 0 Å². The molecule has 0 amide bonds. The van der Waals surface area contributed by atoms with Gasteiger partial charge in [0.25, 0.3) is 0 Å². The van der Waals surface area contributed by atoms with Crippen molar-refractivity contribution in [3.05, 3.63) is 0 Å². The summed E-state index contributed by atoms with van der Waals surface area (Å²) >= 11 is 0. The maximum Gasteiger partial charge on any atom is 0.115 e. The smallest absolute Gasteiger partial charge is 0.115 e. The molecule has 1 atom stereocenters. The fourth-order valence-electron chi connectivity index (χ4n) is 1.67. The van der Waals surface area contributed by atoms with Gasteiger partial charge >= 0.3 is 0 Å². The van der Waals surface area contributed by atoms with E-state index in [-0.39, 0.29) is 6.10 Å². The number of nitrogens with two attached hydrogens (primary N) is 1. The lowest BCUT2D eigenvalue weighted by molar-refractivity contribution is -0.873. The summed E-state index contributed by atoms with van der Waals surface area (Å²) in [6.45, 7) is 6.67. The van der Waals surface area contributed by atoms with Crippen molar-refractivity contribution in [3.63, 3.8) is 0 Å². The zero-order valence-electron chi connectivity index (χ0n) is 12.2. The molecular weight excluding hydrogens is 230 g/mol. The molecular formula is C12H32N5O+. The lowest BCUT2D eigenvalue weighted by atomic mass is 10.3. The molecule has 0 spiro atoms. The first-order chi connectivity index (χ1) is 8.45. The van der Waals surface area contributed by atoms with Crippen molar-refractivity contribution in [1.29, 1.82) is 0 Å². The third-order valence-electron chi connectivity index (χ3n) is 2.42. The van der Waals surface area contributed by atoms with E-state index in [9.17, 15) is 5.11 Å². The Labute approximate surface area is 112 Å². The molecule has 6 heteroatoms. The van der Waals surface area contributed by atoms with Crippen LogP contribution in [0.1, 0.15) is 0 Å². The van der Waals surface area contributed by atoms with Gasteiger partial charge in [-0.25, -0.2) is 0 Å². The largest absolute Gasteiger partial charge is 0.386 e. The van der Waals surface area contributed by atoms with Crippen LogP contribution in [0.5, 0.6) is 0 Å². The molecule has 0 saturated carbocycles. The van der Waals surface area contributed by atoms with Gasteiger partial charge in [0.05, 0.1) is 21.1 Å². The van der Waals surface area contributed by atoms with Gasteiger partial charge in [0.1, 0.15) is 12.6 Å². The minimum atomic E-state index is -0.281. The van der Waals surface area contributed by atoms with Gasteiger partial charge in [-0.3, -0.25) is 0 Å². The van der Waals surface area contributed by atoms with Crippen LogP contribution in [0.2, 0.25) is 0 Å². The van der Waals surface area contributed by atoms with E-state index >= 15 is 0 Å². The van der Waals surface area contributed by atoms with Gasteiger partial charge in [0.2, 0.25) is 0 Å². The second kappa shape index (κ2) is 10.7. The Morgan fingerprint density at radius 3 is 1.94 bits per heavy atom. The highest BCUT2D eigenvalue weighted by Crippen LogP contribution is 1.93. The van der Waals surface area contributed by atoms with Crippen LogP contribution in [0.15, 0.2) is 0 Å². The zero-order valence-corrected chi connectivity index (χ0v) is 12.2. The number of aliphatic hydroxyl groups is 1. The van der Waals surface area contributed by atoms with E-state index in [0.717, 1.165) is 43.8 Å². The molecule has 0 radical (unpaired) electrons. The Kier molecular flexibility index (Phi) is 10.5. The van der Waals surface area contributed by atoms with Gasteiger partial charge in [0.15, 0.2) is 0 Å². The molecule has 0 aromatic carbocycles. The Balaban J connectivity index is 3.20. The minimum Gasteiger partial charge on any atom is -0.386 e. The highest BCUT2D eigenvalue weighted by Gasteiger charge is 2.14. The van der Waals surface area contributed by atoms with E-state index in [0.29, 0.717) is 13.1 Å². The summed E-state index contributed by atoms with van der Waals surface area (Å²) in [5.41, 5.74) is 5.36. The van der Waals surface area contributed by atoms with Gasteiger partial charge < -0.3 is 31.3 Å². The molecule has 0 aromatic heterocycles. The van der Waals surface area contributed by atoms with E-state index in [1.165, 1.54) is 0 Å². The molecule has 18 heavy (non-hydrogen) atoms. The molecule has 0 aliphatic carbocycles. The van der Waals surface area contributed by atoms with Gasteiger partial charge in [-0.2, -0.15) is 0 Å². The van der Waals surface area contributed by atoms with Crippen LogP contribution in [-0.4, -0.2) is 89.2 Å². The molecule has 0 heterocycles. The lowest BCUT2D eigenvalue weighted by Gasteiger charge is -2.26. The van der Waals surface area contributed by atoms with E-state index < -0.39 is 0 Å². The second-order valence-corrected chi connectivity index (χ2v) is 5.62. The van der Waals surface area contributed by atoms with Crippen LogP contribution in [0.4, 0.5) is 0 Å². The van der Waals surface area contributed by atoms with Gasteiger partial charge in [0, 0.05) is 45.8 Å². The van der Waals surface area contributed by atoms with Crippen molar-refractivity contribution in [1.82, 2.24) is 16.0 Å². The molecule has 0 bridgehead atoms. The highest BCUT2D eigenvalue weighted by molar-refractivity contribution is 4.60. The number of hydrogen-bond acceptors (Lipinski definition) is 5. The lowest BCUT2D eigenvalue weighted by Crippen LogP contribution is -2.45. The standard InChI is InChI=1S/C12H32N5O/c1-17(2,3)11-12(18)10-16-9-8-15-7-6-14-5-4-13/h12,14-16,18H,4-11,13H2,1-3H3/q+1. The van der Waals surface area contributed by atoms with Crippen molar-refractivity contribution >= 4 is 0 Å². The van der Waals surface area contributed by atoms with Crippen LogP contribution in [0, 0.1) is 0 Å². The average Bonchev–Trinajstić information content (AvgIpc) is 2.24. The number of nitrogens with zero attached hydrogens (tertiary/aromatic N) is 1. The summed E-state index contributed by atoms with van der Waals surface area (Å²) in [6.07, 6.45) is -0.281. The molecule has 0 aromatic rings. The van der Waals surface area contributed by atoms with E-state index in [2.05, 4.69) is 37.1 Å². The SMILES string of the molecule is C[N+](C)(C)CC(O)CNCCNCCNCCN. The number of rotatable bonds is 12. The summed E-state index contributed by atoms with van der Waals surface area (Å²) in [7, 11) is 6.25. The Morgan fingerprint density at radius 1 is 0.944 bits per heavy atom. The molecule has 6 nitrogen and oxygen atoms in total. The molecule has 6 N–H and O–H groups in total. The number of quaternary nitrogens is 1. The normalized spacial score (nSPS) is 13.8. The molecule has 1 unspecified atom stereocenters. The molecule has 0 fully saturated rings. The van der Waals surface area contributed by atoms with E-state index in [1.54, 1.807) is 0 Å². The average molecular weight is 262 g/mol. The first-order valence-electron chi connectivity index (χ1n) is 6.76. The number of aliphatic hydroxyl groups excluding tert-OH is 1. The first-order valence-corrected chi connectivity index (χ1v) is 6.76. The van der Waals surface area contributed by atoms with E-state index in [4.69, 9.17) is 5.73 Å². The van der Waals surface area contributed by atoms with Gasteiger partial charge in [-0.15, -0.1) is 0 Å². The maximum absolute atomic E-state index is 9.76. The molecule has 110 valence electrons. The Morgan fingerprint density at radius 2 is 1.44 bits per heavy atom. The van der Waals surface area contributed by atoms with Crippen molar-refractivity contribution in [2.75, 3.05) is 73.5 Å².